The van der Waals surface area contributed by atoms with Gasteiger partial charge in [-0.3, -0.25) is 9.78 Å². The maximum atomic E-state index is 13.1. The largest absolute Gasteiger partial charge is 0.367 e. The van der Waals surface area contributed by atoms with Crippen LogP contribution in [0.2, 0.25) is 0 Å². The standard InChI is InChI=1S/C21H21FN6O/c22-16-5-3-15(4-6-16)21(9-10-21)20(29)25-13-12-24-18-7-8-19(28-27-18)26-17-2-1-11-23-14-17/h1-8,11,14H,9-10,12-13H2,(H,24,27)(H,25,29)(H,26,28). The molecule has 1 saturated carbocycles. The van der Waals surface area contributed by atoms with Gasteiger partial charge in [0.05, 0.1) is 17.3 Å². The molecule has 1 aliphatic rings. The minimum Gasteiger partial charge on any atom is -0.367 e. The number of pyridine rings is 1. The number of benzene rings is 1. The van der Waals surface area contributed by atoms with Crippen molar-refractivity contribution >= 4 is 23.2 Å². The average molecular weight is 392 g/mol. The summed E-state index contributed by atoms with van der Waals surface area (Å²) < 4.78 is 13.1. The molecule has 1 aromatic carbocycles. The van der Waals surface area contributed by atoms with Crippen LogP contribution in [0.25, 0.3) is 0 Å². The van der Waals surface area contributed by atoms with E-state index in [1.807, 2.05) is 24.3 Å². The van der Waals surface area contributed by atoms with Crippen LogP contribution in [-0.4, -0.2) is 34.2 Å². The Hall–Kier alpha value is -3.55. The fraction of sp³-hybridized carbons (Fsp3) is 0.238. The number of hydrogen-bond donors (Lipinski definition) is 3. The van der Waals surface area contributed by atoms with E-state index in [0.717, 1.165) is 24.1 Å². The van der Waals surface area contributed by atoms with E-state index in [9.17, 15) is 9.18 Å². The molecule has 2 heterocycles. The van der Waals surface area contributed by atoms with Gasteiger partial charge in [0.25, 0.3) is 0 Å². The minimum atomic E-state index is -0.507. The molecule has 3 aromatic rings. The van der Waals surface area contributed by atoms with Crippen molar-refractivity contribution < 1.29 is 9.18 Å². The summed E-state index contributed by atoms with van der Waals surface area (Å²) in [5.74, 6) is 0.924. The van der Waals surface area contributed by atoms with Gasteiger partial charge in [-0.15, -0.1) is 10.2 Å². The number of nitrogens with one attached hydrogen (secondary N) is 3. The van der Waals surface area contributed by atoms with Crippen molar-refractivity contribution in [1.82, 2.24) is 20.5 Å². The van der Waals surface area contributed by atoms with E-state index >= 15 is 0 Å². The highest BCUT2D eigenvalue weighted by Crippen LogP contribution is 2.48. The molecule has 0 spiro atoms. The number of hydrogen-bond acceptors (Lipinski definition) is 6. The van der Waals surface area contributed by atoms with Crippen LogP contribution >= 0.6 is 0 Å². The first kappa shape index (κ1) is 18.8. The Bertz CT molecular complexity index is 959. The lowest BCUT2D eigenvalue weighted by molar-refractivity contribution is -0.123. The number of rotatable bonds is 8. The maximum absolute atomic E-state index is 13.1. The summed E-state index contributed by atoms with van der Waals surface area (Å²) in [7, 11) is 0. The molecular formula is C21H21FN6O. The van der Waals surface area contributed by atoms with Gasteiger partial charge in [-0.2, -0.15) is 0 Å². The van der Waals surface area contributed by atoms with Crippen LogP contribution in [0.3, 0.4) is 0 Å². The van der Waals surface area contributed by atoms with Gasteiger partial charge >= 0.3 is 0 Å². The van der Waals surface area contributed by atoms with Crippen molar-refractivity contribution in [3.8, 4) is 0 Å². The molecule has 7 nitrogen and oxygen atoms in total. The van der Waals surface area contributed by atoms with Crippen molar-refractivity contribution in [2.75, 3.05) is 23.7 Å². The van der Waals surface area contributed by atoms with E-state index < -0.39 is 5.41 Å². The molecule has 1 aliphatic carbocycles. The Balaban J connectivity index is 1.23. The number of amides is 1. The van der Waals surface area contributed by atoms with E-state index in [-0.39, 0.29) is 11.7 Å². The second-order valence-electron chi connectivity index (χ2n) is 6.94. The van der Waals surface area contributed by atoms with Crippen LogP contribution in [0.4, 0.5) is 21.7 Å². The van der Waals surface area contributed by atoms with Crippen LogP contribution in [0.15, 0.2) is 60.9 Å². The van der Waals surface area contributed by atoms with E-state index in [4.69, 9.17) is 0 Å². The summed E-state index contributed by atoms with van der Waals surface area (Å²) in [6.07, 6.45) is 4.98. The summed E-state index contributed by atoms with van der Waals surface area (Å²) in [6.45, 7) is 0.981. The third-order valence-electron chi connectivity index (χ3n) is 4.90. The van der Waals surface area contributed by atoms with Gasteiger partial charge in [-0.1, -0.05) is 12.1 Å². The fourth-order valence-corrected chi connectivity index (χ4v) is 3.15. The predicted molar refractivity (Wildman–Crippen MR) is 108 cm³/mol. The zero-order valence-corrected chi connectivity index (χ0v) is 15.7. The quantitative estimate of drug-likeness (QED) is 0.511. The van der Waals surface area contributed by atoms with Gasteiger partial charge in [0, 0.05) is 19.3 Å². The van der Waals surface area contributed by atoms with Crippen LogP contribution in [0.5, 0.6) is 0 Å². The number of aromatic nitrogens is 3. The predicted octanol–water partition coefficient (Wildman–Crippen LogP) is 3.01. The molecule has 3 N–H and O–H groups in total. The number of carbonyl (C=O) groups excluding carboxylic acids is 1. The van der Waals surface area contributed by atoms with Crippen molar-refractivity contribution in [3.63, 3.8) is 0 Å². The molecule has 0 saturated heterocycles. The second-order valence-corrected chi connectivity index (χ2v) is 6.94. The second kappa shape index (κ2) is 8.22. The van der Waals surface area contributed by atoms with Crippen LogP contribution in [-0.2, 0) is 10.2 Å². The van der Waals surface area contributed by atoms with Gasteiger partial charge < -0.3 is 16.0 Å². The molecule has 0 bridgehead atoms. The fourth-order valence-electron chi connectivity index (χ4n) is 3.15. The molecule has 0 radical (unpaired) electrons. The summed E-state index contributed by atoms with van der Waals surface area (Å²) in [5, 5.41) is 17.4. The monoisotopic (exact) mass is 392 g/mol. The molecule has 148 valence electrons. The normalized spacial score (nSPS) is 14.1. The van der Waals surface area contributed by atoms with Gasteiger partial charge in [0.1, 0.15) is 11.6 Å². The Labute approximate surface area is 167 Å². The van der Waals surface area contributed by atoms with Crippen molar-refractivity contribution in [1.29, 1.82) is 0 Å². The molecular weight excluding hydrogens is 371 g/mol. The van der Waals surface area contributed by atoms with Crippen molar-refractivity contribution in [2.45, 2.75) is 18.3 Å². The number of halogens is 1. The lowest BCUT2D eigenvalue weighted by Crippen LogP contribution is -2.37. The molecule has 0 aliphatic heterocycles. The van der Waals surface area contributed by atoms with E-state index in [2.05, 4.69) is 31.1 Å². The zero-order chi connectivity index (χ0) is 20.1. The van der Waals surface area contributed by atoms with Crippen molar-refractivity contribution in [3.05, 3.63) is 72.3 Å². The van der Waals surface area contributed by atoms with Gasteiger partial charge in [0.2, 0.25) is 5.91 Å². The van der Waals surface area contributed by atoms with Gasteiger partial charge in [-0.05, 0) is 54.8 Å². The first-order chi connectivity index (χ1) is 14.2. The summed E-state index contributed by atoms with van der Waals surface area (Å²) in [5.41, 5.74) is 1.19. The number of anilines is 3. The van der Waals surface area contributed by atoms with Gasteiger partial charge in [-0.25, -0.2) is 4.39 Å². The number of nitrogens with zero attached hydrogens (tertiary/aromatic N) is 3. The molecule has 1 fully saturated rings. The van der Waals surface area contributed by atoms with E-state index in [0.29, 0.717) is 24.7 Å². The highest BCUT2D eigenvalue weighted by molar-refractivity contribution is 5.91. The van der Waals surface area contributed by atoms with Gasteiger partial charge in [0.15, 0.2) is 5.82 Å². The molecule has 2 aromatic heterocycles. The average Bonchev–Trinajstić information content (AvgIpc) is 3.56. The lowest BCUT2D eigenvalue weighted by atomic mass is 9.95. The molecule has 8 heteroatoms. The summed E-state index contributed by atoms with van der Waals surface area (Å²) in [6, 6.07) is 13.5. The van der Waals surface area contributed by atoms with E-state index in [1.54, 1.807) is 24.5 Å². The molecule has 4 rings (SSSR count). The summed E-state index contributed by atoms with van der Waals surface area (Å²) in [4.78, 5) is 16.6. The highest BCUT2D eigenvalue weighted by atomic mass is 19.1. The first-order valence-corrected chi connectivity index (χ1v) is 9.45. The Morgan fingerprint density at radius 3 is 2.41 bits per heavy atom. The Morgan fingerprint density at radius 1 is 1.00 bits per heavy atom. The topological polar surface area (TPSA) is 91.8 Å². The lowest BCUT2D eigenvalue weighted by Gasteiger charge is -2.16. The zero-order valence-electron chi connectivity index (χ0n) is 15.7. The molecule has 0 atom stereocenters. The van der Waals surface area contributed by atoms with Crippen LogP contribution < -0.4 is 16.0 Å². The highest BCUT2D eigenvalue weighted by Gasteiger charge is 2.50. The number of carbonyl (C=O) groups is 1. The third-order valence-corrected chi connectivity index (χ3v) is 4.90. The SMILES string of the molecule is O=C(NCCNc1ccc(Nc2cccnc2)nn1)C1(c2ccc(F)cc2)CC1. The Kier molecular flexibility index (Phi) is 5.33. The first-order valence-electron chi connectivity index (χ1n) is 9.45. The summed E-state index contributed by atoms with van der Waals surface area (Å²) >= 11 is 0. The third kappa shape index (κ3) is 4.48. The molecule has 1 amide bonds. The van der Waals surface area contributed by atoms with Crippen molar-refractivity contribution in [2.24, 2.45) is 0 Å². The molecule has 0 unspecified atom stereocenters. The Morgan fingerprint density at radius 2 is 1.76 bits per heavy atom. The van der Waals surface area contributed by atoms with Crippen LogP contribution in [0, 0.1) is 5.82 Å². The van der Waals surface area contributed by atoms with E-state index in [1.165, 1.54) is 12.1 Å². The smallest absolute Gasteiger partial charge is 0.230 e. The van der Waals surface area contributed by atoms with Crippen LogP contribution in [0.1, 0.15) is 18.4 Å². The molecule has 29 heavy (non-hydrogen) atoms. The maximum Gasteiger partial charge on any atom is 0.230 e. The minimum absolute atomic E-state index is 0.0204.